The van der Waals surface area contributed by atoms with E-state index < -0.39 is 5.41 Å². The Kier molecular flexibility index (Phi) is 2.95. The molecular formula is C7H10B2O. The van der Waals surface area contributed by atoms with E-state index >= 15 is 0 Å². The topological polar surface area (TPSA) is 17.1 Å². The molecule has 3 heteroatoms. The Balaban J connectivity index is 4.39. The normalized spacial score (nSPS) is 13.3. The summed E-state index contributed by atoms with van der Waals surface area (Å²) in [7, 11) is 10.4. The van der Waals surface area contributed by atoms with Gasteiger partial charge in [-0.1, -0.05) is 26.2 Å². The Morgan fingerprint density at radius 2 is 1.80 bits per heavy atom. The van der Waals surface area contributed by atoms with Gasteiger partial charge in [0, 0.05) is 5.41 Å². The molecule has 0 N–H and O–H groups in total. The number of hydrogen-bond donors (Lipinski definition) is 0. The van der Waals surface area contributed by atoms with Crippen LogP contribution in [0.1, 0.15) is 20.8 Å². The maximum atomic E-state index is 11.1. The summed E-state index contributed by atoms with van der Waals surface area (Å²) in [6.45, 7) is 5.39. The van der Waals surface area contributed by atoms with E-state index in [0.29, 0.717) is 0 Å². The van der Waals surface area contributed by atoms with Crippen molar-refractivity contribution in [1.82, 2.24) is 0 Å². The van der Waals surface area contributed by atoms with Gasteiger partial charge in [-0.05, 0) is 0 Å². The highest BCUT2D eigenvalue weighted by atomic mass is 16.1. The lowest BCUT2D eigenvalue weighted by molar-refractivity contribution is -0.121. The fraction of sp³-hybridized carbons (Fsp3) is 0.571. The Hall–Kier alpha value is -0.460. The van der Waals surface area contributed by atoms with E-state index in [2.05, 4.69) is 0 Å². The first-order chi connectivity index (χ1) is 4.39. The first-order valence-electron chi connectivity index (χ1n) is 3.11. The van der Waals surface area contributed by atoms with Crippen LogP contribution in [0.25, 0.3) is 0 Å². The second-order valence-electron chi connectivity index (χ2n) is 3.20. The molecule has 0 aromatic rings. The zero-order valence-electron chi connectivity index (χ0n) is 6.64. The van der Waals surface area contributed by atoms with Crippen LogP contribution in [0.4, 0.5) is 0 Å². The molecule has 0 saturated heterocycles. The van der Waals surface area contributed by atoms with Gasteiger partial charge in [-0.15, -0.1) is 5.98 Å². The van der Waals surface area contributed by atoms with Crippen LogP contribution in [-0.2, 0) is 4.79 Å². The van der Waals surface area contributed by atoms with Gasteiger partial charge in [-0.25, -0.2) is 0 Å². The Bertz CT molecular complexity index is 165. The summed E-state index contributed by atoms with van der Waals surface area (Å²) in [5.41, 5.74) is -0.299. The van der Waals surface area contributed by atoms with Crippen LogP contribution < -0.4 is 0 Å². The van der Waals surface area contributed by atoms with Gasteiger partial charge in [-0.3, -0.25) is 4.79 Å². The number of allylic oxidation sites excluding steroid dienone is 1. The van der Waals surface area contributed by atoms with E-state index in [4.69, 9.17) is 15.7 Å². The number of hydrogen-bond acceptors (Lipinski definition) is 1. The Morgan fingerprint density at radius 3 is 1.90 bits per heavy atom. The molecule has 0 aliphatic rings. The van der Waals surface area contributed by atoms with Crippen molar-refractivity contribution in [3.63, 3.8) is 0 Å². The van der Waals surface area contributed by atoms with Crippen LogP contribution in [-0.4, -0.2) is 21.5 Å². The molecule has 0 amide bonds. The van der Waals surface area contributed by atoms with Crippen LogP contribution in [0.5, 0.6) is 0 Å². The summed E-state index contributed by atoms with van der Waals surface area (Å²) in [4.78, 5) is 11.1. The monoisotopic (exact) mass is 132 g/mol. The summed E-state index contributed by atoms with van der Waals surface area (Å²) < 4.78 is 0. The fourth-order valence-corrected chi connectivity index (χ4v) is 0.509. The van der Waals surface area contributed by atoms with Crippen LogP contribution in [0.2, 0.25) is 0 Å². The molecule has 0 bridgehead atoms. The third kappa shape index (κ3) is 2.42. The minimum atomic E-state index is -0.431. The third-order valence-electron chi connectivity index (χ3n) is 1.12. The summed E-state index contributed by atoms with van der Waals surface area (Å²) in [6, 6.07) is 0. The molecule has 10 heavy (non-hydrogen) atoms. The van der Waals surface area contributed by atoms with E-state index in [1.54, 1.807) is 20.8 Å². The van der Waals surface area contributed by atoms with Crippen LogP contribution in [0.3, 0.4) is 0 Å². The Morgan fingerprint density at radius 1 is 1.40 bits per heavy atom. The minimum Gasteiger partial charge on any atom is -0.295 e. The van der Waals surface area contributed by atoms with Gasteiger partial charge in [-0.2, -0.15) is 0 Å². The average molecular weight is 132 g/mol. The third-order valence-corrected chi connectivity index (χ3v) is 1.12. The smallest absolute Gasteiger partial charge is 0.152 e. The highest BCUT2D eigenvalue weighted by molar-refractivity contribution is 6.41. The summed E-state index contributed by atoms with van der Waals surface area (Å²) in [5.74, 6) is 1.02. The molecule has 4 radical (unpaired) electrons. The molecule has 0 aromatic heterocycles. The number of carbonyl (C=O) groups is 1. The average Bonchev–Trinajstić information content (AvgIpc) is 1.83. The molecule has 0 fully saturated rings. The predicted octanol–water partition coefficient (Wildman–Crippen LogP) is 0.780. The molecule has 0 rings (SSSR count). The van der Waals surface area contributed by atoms with Gasteiger partial charge in [0.2, 0.25) is 0 Å². The first-order valence-corrected chi connectivity index (χ1v) is 3.11. The first kappa shape index (κ1) is 9.54. The van der Waals surface area contributed by atoms with Gasteiger partial charge in [0.1, 0.15) is 15.7 Å². The molecule has 0 aliphatic heterocycles. The van der Waals surface area contributed by atoms with Gasteiger partial charge in [0.15, 0.2) is 5.78 Å². The molecule has 0 unspecified atom stereocenters. The number of carbonyl (C=O) groups excluding carboxylic acids is 1. The molecule has 0 spiro atoms. The zero-order valence-corrected chi connectivity index (χ0v) is 6.64. The summed E-state index contributed by atoms with van der Waals surface area (Å²) >= 11 is 0. The molecule has 0 aromatic carbocycles. The van der Waals surface area contributed by atoms with Crippen molar-refractivity contribution in [2.45, 2.75) is 20.8 Å². The van der Waals surface area contributed by atoms with Gasteiger partial charge < -0.3 is 0 Å². The van der Waals surface area contributed by atoms with Crippen molar-refractivity contribution in [1.29, 1.82) is 0 Å². The molecule has 0 heterocycles. The highest BCUT2D eigenvalue weighted by Crippen LogP contribution is 2.17. The standard InChI is InChI=1S/C7H10B2O/c1-7(2,3)6(10)5(9)4-8/h4H,1-3H3/b5-4-. The summed E-state index contributed by atoms with van der Waals surface area (Å²) in [6.07, 6.45) is 0. The fourth-order valence-electron chi connectivity index (χ4n) is 0.509. The van der Waals surface area contributed by atoms with Crippen molar-refractivity contribution in [2.24, 2.45) is 5.41 Å². The van der Waals surface area contributed by atoms with Crippen molar-refractivity contribution in [3.05, 3.63) is 11.4 Å². The SMILES string of the molecule is [B]/C=C(\[B])C(=O)C(C)(C)C. The number of ketones is 1. The van der Waals surface area contributed by atoms with E-state index in [1.807, 2.05) is 0 Å². The van der Waals surface area contributed by atoms with E-state index in [0.717, 1.165) is 5.98 Å². The van der Waals surface area contributed by atoms with Crippen molar-refractivity contribution in [3.8, 4) is 0 Å². The lowest BCUT2D eigenvalue weighted by Gasteiger charge is -2.16. The number of Topliss-reactive ketones (excluding diaryl/α,β-unsaturated/α-hetero) is 1. The van der Waals surface area contributed by atoms with E-state index in [1.165, 1.54) is 0 Å². The number of rotatable bonds is 1. The second-order valence-corrected chi connectivity index (χ2v) is 3.20. The van der Waals surface area contributed by atoms with Crippen LogP contribution in [0.15, 0.2) is 11.4 Å². The molecule has 50 valence electrons. The Labute approximate surface area is 64.7 Å². The predicted molar refractivity (Wildman–Crippen MR) is 44.1 cm³/mol. The maximum absolute atomic E-state index is 11.1. The van der Waals surface area contributed by atoms with Crippen LogP contribution in [0, 0.1) is 5.41 Å². The van der Waals surface area contributed by atoms with Gasteiger partial charge in [0.05, 0.1) is 0 Å². The van der Waals surface area contributed by atoms with Crippen molar-refractivity contribution < 1.29 is 4.79 Å². The van der Waals surface area contributed by atoms with Gasteiger partial charge >= 0.3 is 0 Å². The lowest BCUT2D eigenvalue weighted by atomic mass is 9.76. The van der Waals surface area contributed by atoms with E-state index in [-0.39, 0.29) is 11.3 Å². The lowest BCUT2D eigenvalue weighted by Crippen LogP contribution is -2.22. The summed E-state index contributed by atoms with van der Waals surface area (Å²) in [5, 5.41) is 0. The largest absolute Gasteiger partial charge is 0.295 e. The maximum Gasteiger partial charge on any atom is 0.152 e. The molecule has 1 nitrogen and oxygen atoms in total. The zero-order chi connectivity index (χ0) is 8.36. The van der Waals surface area contributed by atoms with Crippen LogP contribution >= 0.6 is 0 Å². The molecule has 0 atom stereocenters. The second kappa shape index (κ2) is 3.09. The van der Waals surface area contributed by atoms with Gasteiger partial charge in [0.25, 0.3) is 0 Å². The van der Waals surface area contributed by atoms with E-state index in [9.17, 15) is 4.79 Å². The molecule has 0 aliphatic carbocycles. The molecule has 0 saturated carbocycles. The minimum absolute atomic E-state index is 0.116. The quantitative estimate of drug-likeness (QED) is 0.380. The van der Waals surface area contributed by atoms with Crippen molar-refractivity contribution >= 4 is 21.5 Å². The highest BCUT2D eigenvalue weighted by Gasteiger charge is 2.20. The van der Waals surface area contributed by atoms with Crippen molar-refractivity contribution in [2.75, 3.05) is 0 Å². The molecular weight excluding hydrogens is 122 g/mol.